The molecule has 1 unspecified atom stereocenters. The largest absolute Gasteiger partial charge is 0.464 e. The number of aliphatic hydroxyl groups excluding tert-OH is 1. The number of β-amino-alcohol motifs (C(OH)–C–C–N with tert-alkyl or cyclic N) is 1. The molecule has 1 atom stereocenters. The first-order valence-corrected chi connectivity index (χ1v) is 8.51. The van der Waals surface area contributed by atoms with E-state index in [1.807, 2.05) is 0 Å². The Morgan fingerprint density at radius 2 is 2.04 bits per heavy atom. The third-order valence-electron chi connectivity index (χ3n) is 5.24. The van der Waals surface area contributed by atoms with Crippen LogP contribution in [0.3, 0.4) is 0 Å². The minimum absolute atomic E-state index is 0.0113. The summed E-state index contributed by atoms with van der Waals surface area (Å²) in [4.78, 5) is 35.6. The van der Waals surface area contributed by atoms with E-state index < -0.39 is 12.1 Å². The van der Waals surface area contributed by atoms with Crippen LogP contribution in [0.5, 0.6) is 0 Å². The lowest BCUT2D eigenvalue weighted by molar-refractivity contribution is -0.137. The molecule has 136 valence electrons. The van der Waals surface area contributed by atoms with E-state index >= 15 is 0 Å². The molecular formula is C17H24N4O4. The zero-order chi connectivity index (χ0) is 18.0. The summed E-state index contributed by atoms with van der Waals surface area (Å²) in [5, 5.41) is 10.2. The van der Waals surface area contributed by atoms with E-state index in [1.165, 1.54) is 13.3 Å². The first kappa shape index (κ1) is 17.6. The van der Waals surface area contributed by atoms with Crippen molar-refractivity contribution in [3.63, 3.8) is 0 Å². The fourth-order valence-corrected chi connectivity index (χ4v) is 3.88. The predicted molar refractivity (Wildman–Crippen MR) is 90.1 cm³/mol. The Balaban J connectivity index is 1.69. The van der Waals surface area contributed by atoms with Crippen molar-refractivity contribution >= 4 is 17.7 Å². The molecule has 0 aromatic carbocycles. The van der Waals surface area contributed by atoms with Crippen molar-refractivity contribution in [1.82, 2.24) is 14.9 Å². The number of anilines is 1. The number of hydrogen-bond acceptors (Lipinski definition) is 7. The van der Waals surface area contributed by atoms with Crippen molar-refractivity contribution < 1.29 is 19.4 Å². The zero-order valence-corrected chi connectivity index (χ0v) is 14.6. The number of carbonyl (C=O) groups excluding carboxylic acids is 2. The summed E-state index contributed by atoms with van der Waals surface area (Å²) in [5.74, 6) is 0.157. The first-order valence-electron chi connectivity index (χ1n) is 8.51. The number of aliphatic hydroxyl groups is 1. The highest BCUT2D eigenvalue weighted by molar-refractivity contribution is 5.87. The number of hydrogen-bond donors (Lipinski definition) is 1. The Hall–Kier alpha value is -2.22. The summed E-state index contributed by atoms with van der Waals surface area (Å²) in [6.45, 7) is 4.17. The highest BCUT2D eigenvalue weighted by atomic mass is 16.5. The number of carbonyl (C=O) groups is 2. The molecule has 0 radical (unpaired) electrons. The highest BCUT2D eigenvalue weighted by Gasteiger charge is 2.42. The Labute approximate surface area is 146 Å². The van der Waals surface area contributed by atoms with Crippen molar-refractivity contribution in [2.24, 2.45) is 5.41 Å². The molecule has 25 heavy (non-hydrogen) atoms. The van der Waals surface area contributed by atoms with E-state index in [1.54, 1.807) is 18.0 Å². The van der Waals surface area contributed by atoms with Gasteiger partial charge in [0, 0.05) is 33.1 Å². The van der Waals surface area contributed by atoms with Gasteiger partial charge in [0.05, 0.1) is 25.6 Å². The molecule has 1 aromatic rings. The molecule has 1 amide bonds. The van der Waals surface area contributed by atoms with Gasteiger partial charge in [-0.1, -0.05) is 0 Å². The van der Waals surface area contributed by atoms with E-state index in [-0.39, 0.29) is 17.0 Å². The number of piperidine rings is 2. The van der Waals surface area contributed by atoms with Gasteiger partial charge in [-0.15, -0.1) is 0 Å². The minimum atomic E-state index is -0.504. The molecule has 0 bridgehead atoms. The molecule has 3 rings (SSSR count). The molecule has 1 N–H and O–H groups in total. The molecule has 3 heterocycles. The zero-order valence-electron chi connectivity index (χ0n) is 14.6. The Morgan fingerprint density at radius 1 is 1.32 bits per heavy atom. The number of nitrogens with zero attached hydrogens (tertiary/aromatic N) is 4. The Bertz CT molecular complexity index is 658. The average molecular weight is 348 g/mol. The van der Waals surface area contributed by atoms with E-state index in [9.17, 15) is 14.7 Å². The van der Waals surface area contributed by atoms with Crippen molar-refractivity contribution in [1.29, 1.82) is 0 Å². The van der Waals surface area contributed by atoms with Crippen molar-refractivity contribution in [2.45, 2.75) is 32.3 Å². The van der Waals surface area contributed by atoms with Crippen LogP contribution in [-0.4, -0.2) is 71.2 Å². The van der Waals surface area contributed by atoms with Crippen molar-refractivity contribution in [3.8, 4) is 0 Å². The summed E-state index contributed by atoms with van der Waals surface area (Å²) in [7, 11) is 1.32. The van der Waals surface area contributed by atoms with Crippen LogP contribution in [0.15, 0.2) is 12.4 Å². The second kappa shape index (κ2) is 6.95. The second-order valence-corrected chi connectivity index (χ2v) is 7.00. The summed E-state index contributed by atoms with van der Waals surface area (Å²) in [5.41, 5.74) is 0.142. The van der Waals surface area contributed by atoms with E-state index in [2.05, 4.69) is 19.6 Å². The molecule has 0 saturated carbocycles. The van der Waals surface area contributed by atoms with Crippen LogP contribution in [0.4, 0.5) is 5.82 Å². The predicted octanol–water partition coefficient (Wildman–Crippen LogP) is 0.463. The van der Waals surface area contributed by atoms with Gasteiger partial charge in [-0.05, 0) is 24.7 Å². The van der Waals surface area contributed by atoms with Crippen molar-refractivity contribution in [2.75, 3.05) is 38.2 Å². The fraction of sp³-hybridized carbons (Fsp3) is 0.647. The van der Waals surface area contributed by atoms with E-state index in [0.29, 0.717) is 18.9 Å². The summed E-state index contributed by atoms with van der Waals surface area (Å²) >= 11 is 0. The summed E-state index contributed by atoms with van der Waals surface area (Å²) in [6, 6.07) is 0. The molecule has 2 fully saturated rings. The van der Waals surface area contributed by atoms with Crippen LogP contribution in [0.1, 0.15) is 36.7 Å². The first-order chi connectivity index (χ1) is 11.9. The Kier molecular flexibility index (Phi) is 4.89. The van der Waals surface area contributed by atoms with Crippen LogP contribution < -0.4 is 4.90 Å². The van der Waals surface area contributed by atoms with Gasteiger partial charge < -0.3 is 19.6 Å². The van der Waals surface area contributed by atoms with E-state index in [4.69, 9.17) is 0 Å². The molecule has 0 aliphatic carbocycles. The maximum absolute atomic E-state index is 11.7. The molecule has 1 spiro atoms. The maximum atomic E-state index is 11.7. The maximum Gasteiger partial charge on any atom is 0.358 e. The molecular weight excluding hydrogens is 324 g/mol. The fourth-order valence-electron chi connectivity index (χ4n) is 3.88. The normalized spacial score (nSPS) is 22.8. The monoisotopic (exact) mass is 348 g/mol. The standard InChI is InChI=1S/C17H24N4O4/c1-12(22)21-10-13(23)7-17(11-21)3-5-20(6-4-17)15-9-18-8-14(19-15)16(24)25-2/h8-9,13,23H,3-7,10-11H2,1-2H3. The smallest absolute Gasteiger partial charge is 0.358 e. The van der Waals surface area contributed by atoms with Gasteiger partial charge in [-0.25, -0.2) is 9.78 Å². The minimum Gasteiger partial charge on any atom is -0.464 e. The third kappa shape index (κ3) is 3.73. The van der Waals surface area contributed by atoms with Crippen LogP contribution >= 0.6 is 0 Å². The lowest BCUT2D eigenvalue weighted by Crippen LogP contribution is -2.55. The number of aromatic nitrogens is 2. The van der Waals surface area contributed by atoms with E-state index in [0.717, 1.165) is 32.4 Å². The molecule has 1 aromatic heterocycles. The number of amides is 1. The second-order valence-electron chi connectivity index (χ2n) is 7.00. The average Bonchev–Trinajstić information content (AvgIpc) is 2.61. The van der Waals surface area contributed by atoms with Gasteiger partial charge in [0.25, 0.3) is 0 Å². The molecule has 2 aliphatic rings. The van der Waals surface area contributed by atoms with Gasteiger partial charge in [0.1, 0.15) is 5.82 Å². The topological polar surface area (TPSA) is 95.9 Å². The van der Waals surface area contributed by atoms with Crippen molar-refractivity contribution in [3.05, 3.63) is 18.1 Å². The van der Waals surface area contributed by atoms with Crippen LogP contribution in [0, 0.1) is 5.41 Å². The van der Waals surface area contributed by atoms with Gasteiger partial charge in [-0.2, -0.15) is 0 Å². The van der Waals surface area contributed by atoms with Crippen LogP contribution in [-0.2, 0) is 9.53 Å². The number of rotatable bonds is 2. The SMILES string of the molecule is COC(=O)c1cncc(N2CCC3(CC2)CC(O)CN(C(C)=O)C3)n1. The summed E-state index contributed by atoms with van der Waals surface area (Å²) < 4.78 is 4.69. The molecule has 2 saturated heterocycles. The Morgan fingerprint density at radius 3 is 2.68 bits per heavy atom. The lowest BCUT2D eigenvalue weighted by Gasteiger charge is -2.49. The van der Waals surface area contributed by atoms with Gasteiger partial charge in [0.2, 0.25) is 5.91 Å². The third-order valence-corrected chi connectivity index (χ3v) is 5.24. The van der Waals surface area contributed by atoms with Crippen LogP contribution in [0.2, 0.25) is 0 Å². The number of methoxy groups -OCH3 is 1. The molecule has 8 nitrogen and oxygen atoms in total. The summed E-state index contributed by atoms with van der Waals surface area (Å²) in [6.07, 6.45) is 5.01. The van der Waals surface area contributed by atoms with Gasteiger partial charge >= 0.3 is 5.97 Å². The number of ether oxygens (including phenoxy) is 1. The van der Waals surface area contributed by atoms with Gasteiger partial charge in [0.15, 0.2) is 5.69 Å². The quantitative estimate of drug-likeness (QED) is 0.776. The van der Waals surface area contributed by atoms with Crippen LogP contribution in [0.25, 0.3) is 0 Å². The number of likely N-dealkylation sites (tertiary alicyclic amines) is 1. The molecule has 2 aliphatic heterocycles. The number of esters is 1. The molecule has 8 heteroatoms. The highest BCUT2D eigenvalue weighted by Crippen LogP contribution is 2.40. The van der Waals surface area contributed by atoms with Gasteiger partial charge in [-0.3, -0.25) is 9.78 Å². The lowest BCUT2D eigenvalue weighted by atomic mass is 9.71.